The molecule has 1 heterocycles. The zero-order valence-corrected chi connectivity index (χ0v) is 6.95. The number of carbonyl (C=O) groups is 1. The molecule has 7 heteroatoms. The number of amides is 1. The van der Waals surface area contributed by atoms with E-state index in [1.165, 1.54) is 0 Å². The van der Waals surface area contributed by atoms with E-state index in [1.807, 2.05) is 0 Å². The second kappa shape index (κ2) is 3.49. The van der Waals surface area contributed by atoms with Crippen molar-refractivity contribution in [1.82, 2.24) is 4.90 Å². The Balaban J connectivity index is 2.85. The molecule has 0 radical (unpaired) electrons. The van der Waals surface area contributed by atoms with Crippen molar-refractivity contribution in [3.8, 4) is 0 Å². The van der Waals surface area contributed by atoms with E-state index in [0.29, 0.717) is 11.1 Å². The van der Waals surface area contributed by atoms with Gasteiger partial charge in [0.25, 0.3) is 0 Å². The first-order valence-electron chi connectivity index (χ1n) is 3.76. The Morgan fingerprint density at radius 2 is 2.21 bits per heavy atom. The average molecular weight is 211 g/mol. The maximum absolute atomic E-state index is 12.1. The molecule has 0 aliphatic carbocycles. The van der Waals surface area contributed by atoms with Crippen LogP contribution in [0, 0.1) is 0 Å². The van der Waals surface area contributed by atoms with Crippen LogP contribution in [0.15, 0.2) is 11.8 Å². The first-order valence-corrected chi connectivity index (χ1v) is 3.76. The summed E-state index contributed by atoms with van der Waals surface area (Å²) in [4.78, 5) is 10.9. The standard InChI is InChI=1S/C7H8F3NO3/c8-7(9,10)4-1-5(3-12)11(2-4)6(13)14/h2,5,12H,1,3H2,(H,13,14). The first kappa shape index (κ1) is 10.8. The van der Waals surface area contributed by atoms with Gasteiger partial charge in [-0.2, -0.15) is 13.2 Å². The van der Waals surface area contributed by atoms with Gasteiger partial charge in [0, 0.05) is 12.6 Å². The minimum absolute atomic E-state index is 0.475. The number of carboxylic acid groups (broad SMARTS) is 1. The van der Waals surface area contributed by atoms with Gasteiger partial charge in [-0.15, -0.1) is 0 Å². The third kappa shape index (κ3) is 1.98. The largest absolute Gasteiger partial charge is 0.465 e. The number of rotatable bonds is 1. The number of nitrogens with zero attached hydrogens (tertiary/aromatic N) is 1. The zero-order chi connectivity index (χ0) is 10.9. The van der Waals surface area contributed by atoms with Gasteiger partial charge in [-0.05, 0) is 0 Å². The van der Waals surface area contributed by atoms with Crippen molar-refractivity contribution in [3.05, 3.63) is 11.8 Å². The van der Waals surface area contributed by atoms with Crippen LogP contribution >= 0.6 is 0 Å². The second-order valence-corrected chi connectivity index (χ2v) is 2.88. The molecule has 0 aromatic rings. The van der Waals surface area contributed by atoms with Crippen LogP contribution in [0.2, 0.25) is 0 Å². The Labute approximate surface area is 77.2 Å². The maximum Gasteiger partial charge on any atom is 0.414 e. The summed E-state index contributed by atoms with van der Waals surface area (Å²) in [5, 5.41) is 17.2. The summed E-state index contributed by atoms with van der Waals surface area (Å²) in [6, 6.07) is -1.02. The molecule has 14 heavy (non-hydrogen) atoms. The fourth-order valence-electron chi connectivity index (χ4n) is 1.23. The molecule has 0 fully saturated rings. The lowest BCUT2D eigenvalue weighted by Gasteiger charge is -2.17. The Morgan fingerprint density at radius 1 is 1.64 bits per heavy atom. The molecule has 1 rings (SSSR count). The molecule has 0 spiro atoms. The monoisotopic (exact) mass is 211 g/mol. The van der Waals surface area contributed by atoms with Crippen LogP contribution in [-0.2, 0) is 0 Å². The summed E-state index contributed by atoms with van der Waals surface area (Å²) < 4.78 is 36.4. The van der Waals surface area contributed by atoms with Crippen LogP contribution in [0.25, 0.3) is 0 Å². The van der Waals surface area contributed by atoms with Crippen LogP contribution in [-0.4, -0.2) is 40.0 Å². The van der Waals surface area contributed by atoms with Gasteiger partial charge < -0.3 is 10.2 Å². The summed E-state index contributed by atoms with van der Waals surface area (Å²) in [6.07, 6.45) is -6.00. The topological polar surface area (TPSA) is 60.8 Å². The molecule has 0 bridgehead atoms. The first-order chi connectivity index (χ1) is 6.36. The Morgan fingerprint density at radius 3 is 2.50 bits per heavy atom. The van der Waals surface area contributed by atoms with Gasteiger partial charge in [-0.1, -0.05) is 0 Å². The predicted molar refractivity (Wildman–Crippen MR) is 39.5 cm³/mol. The van der Waals surface area contributed by atoms with Crippen molar-refractivity contribution in [2.45, 2.75) is 18.6 Å². The Hall–Kier alpha value is -1.24. The van der Waals surface area contributed by atoms with Crippen molar-refractivity contribution in [2.24, 2.45) is 0 Å². The highest BCUT2D eigenvalue weighted by atomic mass is 19.4. The lowest BCUT2D eigenvalue weighted by molar-refractivity contribution is -0.0935. The van der Waals surface area contributed by atoms with Gasteiger partial charge in [0.15, 0.2) is 0 Å². The highest BCUT2D eigenvalue weighted by Crippen LogP contribution is 2.34. The highest BCUT2D eigenvalue weighted by molar-refractivity contribution is 5.68. The molecule has 2 N–H and O–H groups in total. The summed E-state index contributed by atoms with van der Waals surface area (Å²) in [5.74, 6) is 0. The smallest absolute Gasteiger partial charge is 0.414 e. The molecule has 1 aliphatic heterocycles. The van der Waals surface area contributed by atoms with Crippen LogP contribution in [0.1, 0.15) is 6.42 Å². The molecule has 1 unspecified atom stereocenters. The van der Waals surface area contributed by atoms with Crippen molar-refractivity contribution in [3.63, 3.8) is 0 Å². The molecule has 0 aromatic heterocycles. The van der Waals surface area contributed by atoms with Crippen molar-refractivity contribution >= 4 is 6.09 Å². The van der Waals surface area contributed by atoms with Gasteiger partial charge in [0.1, 0.15) is 0 Å². The number of halogens is 3. The maximum atomic E-state index is 12.1. The predicted octanol–water partition coefficient (Wildman–Crippen LogP) is 1.18. The normalized spacial score (nSPS) is 22.4. The summed E-state index contributed by atoms with van der Waals surface area (Å²) in [7, 11) is 0. The number of alkyl halides is 3. The Bertz CT molecular complexity index is 274. The minimum atomic E-state index is -4.53. The Kier molecular flexibility index (Phi) is 2.70. The van der Waals surface area contributed by atoms with Gasteiger partial charge in [0.2, 0.25) is 0 Å². The highest BCUT2D eigenvalue weighted by Gasteiger charge is 2.41. The zero-order valence-electron chi connectivity index (χ0n) is 6.95. The van der Waals surface area contributed by atoms with Gasteiger partial charge in [0.05, 0.1) is 18.2 Å². The lowest BCUT2D eigenvalue weighted by atomic mass is 10.1. The number of aliphatic hydroxyl groups excluding tert-OH is 1. The SMILES string of the molecule is O=C(O)N1C=C(C(F)(F)F)CC1CO. The number of hydrogen-bond acceptors (Lipinski definition) is 2. The van der Waals surface area contributed by atoms with E-state index in [2.05, 4.69) is 0 Å². The molecule has 80 valence electrons. The fourth-order valence-corrected chi connectivity index (χ4v) is 1.23. The second-order valence-electron chi connectivity index (χ2n) is 2.88. The van der Waals surface area contributed by atoms with E-state index in [4.69, 9.17) is 10.2 Å². The van der Waals surface area contributed by atoms with Crippen molar-refractivity contribution < 1.29 is 28.2 Å². The van der Waals surface area contributed by atoms with E-state index in [1.54, 1.807) is 0 Å². The van der Waals surface area contributed by atoms with Crippen LogP contribution in [0.3, 0.4) is 0 Å². The van der Waals surface area contributed by atoms with E-state index in [9.17, 15) is 18.0 Å². The third-order valence-electron chi connectivity index (χ3n) is 1.94. The quantitative estimate of drug-likeness (QED) is 0.684. The third-order valence-corrected chi connectivity index (χ3v) is 1.94. The van der Waals surface area contributed by atoms with E-state index >= 15 is 0 Å². The van der Waals surface area contributed by atoms with Crippen LogP contribution in [0.4, 0.5) is 18.0 Å². The van der Waals surface area contributed by atoms with Crippen LogP contribution in [0.5, 0.6) is 0 Å². The van der Waals surface area contributed by atoms with Crippen molar-refractivity contribution in [1.29, 1.82) is 0 Å². The molecular formula is C7H8F3NO3. The number of aliphatic hydroxyl groups is 1. The van der Waals surface area contributed by atoms with Gasteiger partial charge >= 0.3 is 12.3 Å². The molecular weight excluding hydrogens is 203 g/mol. The molecule has 0 saturated carbocycles. The fraction of sp³-hybridized carbons (Fsp3) is 0.571. The van der Waals surface area contributed by atoms with E-state index in [0.717, 1.165) is 0 Å². The lowest BCUT2D eigenvalue weighted by Crippen LogP contribution is -2.34. The van der Waals surface area contributed by atoms with Crippen LogP contribution < -0.4 is 0 Å². The molecule has 1 atom stereocenters. The minimum Gasteiger partial charge on any atom is -0.465 e. The molecule has 0 aromatic carbocycles. The molecule has 0 saturated heterocycles. The summed E-state index contributed by atoms with van der Waals surface area (Å²) in [5.41, 5.74) is -0.932. The molecule has 4 nitrogen and oxygen atoms in total. The number of hydrogen-bond donors (Lipinski definition) is 2. The molecule has 1 amide bonds. The van der Waals surface area contributed by atoms with Crippen molar-refractivity contribution in [2.75, 3.05) is 6.61 Å². The van der Waals surface area contributed by atoms with E-state index < -0.39 is 36.9 Å². The van der Waals surface area contributed by atoms with Gasteiger partial charge in [-0.3, -0.25) is 4.90 Å². The average Bonchev–Trinajstić information content (AvgIpc) is 2.45. The summed E-state index contributed by atoms with van der Waals surface area (Å²) in [6.45, 7) is -0.623. The summed E-state index contributed by atoms with van der Waals surface area (Å²) >= 11 is 0. The van der Waals surface area contributed by atoms with Gasteiger partial charge in [-0.25, -0.2) is 4.79 Å². The molecule has 1 aliphatic rings. The van der Waals surface area contributed by atoms with E-state index in [-0.39, 0.29) is 0 Å².